The van der Waals surface area contributed by atoms with Gasteiger partial charge in [-0.25, -0.2) is 0 Å². The minimum Gasteiger partial charge on any atom is -0.405 e. The molecule has 1 saturated heterocycles. The van der Waals surface area contributed by atoms with Crippen LogP contribution in [0.5, 0.6) is 5.75 Å². The summed E-state index contributed by atoms with van der Waals surface area (Å²) in [4.78, 5) is 2.33. The van der Waals surface area contributed by atoms with Crippen LogP contribution < -0.4 is 10.1 Å². The molecule has 2 fully saturated rings. The highest BCUT2D eigenvalue weighted by molar-refractivity contribution is 9.10. The van der Waals surface area contributed by atoms with E-state index in [1.807, 2.05) is 6.07 Å². The number of hydrogen-bond donors (Lipinski definition) is 1. The maximum absolute atomic E-state index is 12.9. The minimum absolute atomic E-state index is 0.0303. The van der Waals surface area contributed by atoms with Crippen molar-refractivity contribution in [3.8, 4) is 5.75 Å². The first kappa shape index (κ1) is 19.0. The van der Waals surface area contributed by atoms with Gasteiger partial charge in [-0.2, -0.15) is 0 Å². The van der Waals surface area contributed by atoms with Gasteiger partial charge in [0.2, 0.25) is 0 Å². The number of hydrogen-bond acceptors (Lipinski definition) is 3. The first-order valence-corrected chi connectivity index (χ1v) is 9.73. The Balaban J connectivity index is 1.97. The van der Waals surface area contributed by atoms with Gasteiger partial charge in [-0.05, 0) is 37.0 Å². The molecular formula is C18H24BrF3N2O. The van der Waals surface area contributed by atoms with Crippen LogP contribution in [0.15, 0.2) is 22.7 Å². The van der Waals surface area contributed by atoms with Crippen LogP contribution in [0.25, 0.3) is 0 Å². The molecule has 0 radical (unpaired) electrons. The van der Waals surface area contributed by atoms with E-state index in [4.69, 9.17) is 0 Å². The van der Waals surface area contributed by atoms with Crippen LogP contribution in [0.2, 0.25) is 0 Å². The molecule has 3 nitrogen and oxygen atoms in total. The summed E-state index contributed by atoms with van der Waals surface area (Å²) in [7, 11) is 0. The van der Waals surface area contributed by atoms with Crippen molar-refractivity contribution < 1.29 is 17.9 Å². The lowest BCUT2D eigenvalue weighted by molar-refractivity contribution is -0.275. The van der Waals surface area contributed by atoms with Gasteiger partial charge >= 0.3 is 6.36 Å². The lowest BCUT2D eigenvalue weighted by atomic mass is 9.80. The van der Waals surface area contributed by atoms with E-state index in [0.717, 1.165) is 56.3 Å². The van der Waals surface area contributed by atoms with Gasteiger partial charge in [0.1, 0.15) is 5.75 Å². The van der Waals surface area contributed by atoms with Gasteiger partial charge < -0.3 is 10.1 Å². The Labute approximate surface area is 155 Å². The smallest absolute Gasteiger partial charge is 0.405 e. The molecule has 25 heavy (non-hydrogen) atoms. The zero-order valence-corrected chi connectivity index (χ0v) is 15.7. The van der Waals surface area contributed by atoms with Crippen LogP contribution in [0.4, 0.5) is 13.2 Å². The SMILES string of the molecule is FC(F)(F)Oc1ccc(Br)cc1[C@@H](C1CCCCC1)N1CCNCC1. The number of benzene rings is 1. The summed E-state index contributed by atoms with van der Waals surface area (Å²) in [5.41, 5.74) is 0.653. The fourth-order valence-electron chi connectivity index (χ4n) is 4.13. The van der Waals surface area contributed by atoms with Gasteiger partial charge in [0.25, 0.3) is 0 Å². The monoisotopic (exact) mass is 420 g/mol. The van der Waals surface area contributed by atoms with Crippen molar-refractivity contribution in [1.82, 2.24) is 10.2 Å². The predicted molar refractivity (Wildman–Crippen MR) is 94.6 cm³/mol. The van der Waals surface area contributed by atoms with E-state index < -0.39 is 6.36 Å². The highest BCUT2D eigenvalue weighted by Crippen LogP contribution is 2.43. The van der Waals surface area contributed by atoms with Crippen molar-refractivity contribution in [2.75, 3.05) is 26.2 Å². The van der Waals surface area contributed by atoms with Crippen LogP contribution in [-0.4, -0.2) is 37.4 Å². The number of nitrogens with zero attached hydrogens (tertiary/aromatic N) is 1. The van der Waals surface area contributed by atoms with E-state index in [1.165, 1.54) is 12.5 Å². The number of nitrogens with one attached hydrogen (secondary N) is 1. The highest BCUT2D eigenvalue weighted by atomic mass is 79.9. The fraction of sp³-hybridized carbons (Fsp3) is 0.667. The molecule has 2 aliphatic rings. The van der Waals surface area contributed by atoms with Crippen LogP contribution in [-0.2, 0) is 0 Å². The second kappa shape index (κ2) is 8.27. The minimum atomic E-state index is -4.68. The summed E-state index contributed by atoms with van der Waals surface area (Å²) in [6.07, 6.45) is 0.963. The Morgan fingerprint density at radius 2 is 1.80 bits per heavy atom. The molecule has 1 saturated carbocycles. The number of ether oxygens (including phenoxy) is 1. The quantitative estimate of drug-likeness (QED) is 0.751. The number of halogens is 4. The van der Waals surface area contributed by atoms with Gasteiger partial charge in [-0.3, -0.25) is 4.90 Å². The standard InChI is InChI=1S/C18H24BrF3N2O/c19-14-6-7-16(25-18(20,21)22)15(12-14)17(13-4-2-1-3-5-13)24-10-8-23-9-11-24/h6-7,12-13,17,23H,1-5,8-11H2/t17-/m1/s1. The molecular weight excluding hydrogens is 397 g/mol. The Kier molecular flexibility index (Phi) is 6.28. The molecule has 1 atom stereocenters. The molecule has 1 aliphatic heterocycles. The second-order valence-corrected chi connectivity index (χ2v) is 7.77. The molecule has 1 aliphatic carbocycles. The molecule has 0 amide bonds. The maximum Gasteiger partial charge on any atom is 0.573 e. The maximum atomic E-state index is 12.9. The molecule has 1 N–H and O–H groups in total. The van der Waals surface area contributed by atoms with Crippen LogP contribution >= 0.6 is 15.9 Å². The van der Waals surface area contributed by atoms with Crippen molar-refractivity contribution in [1.29, 1.82) is 0 Å². The molecule has 0 bridgehead atoms. The third-order valence-electron chi connectivity index (χ3n) is 5.16. The second-order valence-electron chi connectivity index (χ2n) is 6.86. The zero-order valence-electron chi connectivity index (χ0n) is 14.1. The Hall–Kier alpha value is -0.790. The molecule has 7 heteroatoms. The molecule has 0 aromatic heterocycles. The Morgan fingerprint density at radius 1 is 1.12 bits per heavy atom. The highest BCUT2D eigenvalue weighted by Gasteiger charge is 2.37. The van der Waals surface area contributed by atoms with E-state index in [2.05, 4.69) is 30.9 Å². The molecule has 1 aromatic rings. The van der Waals surface area contributed by atoms with E-state index in [9.17, 15) is 13.2 Å². The van der Waals surface area contributed by atoms with Gasteiger partial charge in [-0.1, -0.05) is 35.2 Å². The number of alkyl halides is 3. The molecule has 1 heterocycles. The molecule has 3 rings (SSSR count). The largest absolute Gasteiger partial charge is 0.573 e. The Morgan fingerprint density at radius 3 is 2.44 bits per heavy atom. The van der Waals surface area contributed by atoms with Crippen LogP contribution in [0, 0.1) is 5.92 Å². The van der Waals surface area contributed by atoms with Crippen molar-refractivity contribution >= 4 is 15.9 Å². The van der Waals surface area contributed by atoms with Gasteiger partial charge in [0.15, 0.2) is 0 Å². The van der Waals surface area contributed by atoms with Crippen molar-refractivity contribution in [3.05, 3.63) is 28.2 Å². The van der Waals surface area contributed by atoms with Crippen LogP contribution in [0.1, 0.15) is 43.7 Å². The average Bonchev–Trinajstić information content (AvgIpc) is 2.58. The molecule has 0 unspecified atom stereocenters. The number of piperazine rings is 1. The fourth-order valence-corrected chi connectivity index (χ4v) is 4.51. The van der Waals surface area contributed by atoms with E-state index in [1.54, 1.807) is 6.07 Å². The first-order chi connectivity index (χ1) is 11.9. The van der Waals surface area contributed by atoms with E-state index in [-0.39, 0.29) is 11.8 Å². The third kappa shape index (κ3) is 5.11. The van der Waals surface area contributed by atoms with E-state index >= 15 is 0 Å². The zero-order chi connectivity index (χ0) is 17.9. The van der Waals surface area contributed by atoms with Gasteiger partial charge in [-0.15, -0.1) is 13.2 Å². The summed E-state index contributed by atoms with van der Waals surface area (Å²) in [5, 5.41) is 3.33. The lowest BCUT2D eigenvalue weighted by Crippen LogP contribution is -2.47. The summed E-state index contributed by atoms with van der Waals surface area (Å²) in [6, 6.07) is 4.82. The summed E-state index contributed by atoms with van der Waals surface area (Å²) < 4.78 is 43.9. The molecule has 0 spiro atoms. The van der Waals surface area contributed by atoms with Crippen molar-refractivity contribution in [2.24, 2.45) is 5.92 Å². The Bertz CT molecular complexity index is 552. The predicted octanol–water partition coefficient (Wildman–Crippen LogP) is 4.87. The van der Waals surface area contributed by atoms with Gasteiger partial charge in [0.05, 0.1) is 0 Å². The first-order valence-electron chi connectivity index (χ1n) is 8.94. The molecule has 140 valence electrons. The normalized spacial score (nSPS) is 21.9. The number of rotatable bonds is 4. The summed E-state index contributed by atoms with van der Waals surface area (Å²) >= 11 is 3.42. The van der Waals surface area contributed by atoms with Crippen molar-refractivity contribution in [2.45, 2.75) is 44.5 Å². The summed E-state index contributed by atoms with van der Waals surface area (Å²) in [6.45, 7) is 3.43. The third-order valence-corrected chi connectivity index (χ3v) is 5.65. The van der Waals surface area contributed by atoms with Crippen LogP contribution in [0.3, 0.4) is 0 Å². The van der Waals surface area contributed by atoms with Gasteiger partial charge in [0, 0.05) is 42.3 Å². The lowest BCUT2D eigenvalue weighted by Gasteiger charge is -2.41. The van der Waals surface area contributed by atoms with E-state index in [0.29, 0.717) is 11.5 Å². The molecule has 1 aromatic carbocycles. The topological polar surface area (TPSA) is 24.5 Å². The van der Waals surface area contributed by atoms with Crippen molar-refractivity contribution in [3.63, 3.8) is 0 Å². The average molecular weight is 421 g/mol. The summed E-state index contributed by atoms with van der Waals surface area (Å²) in [5.74, 6) is 0.307.